The van der Waals surface area contributed by atoms with Crippen molar-refractivity contribution >= 4 is 0 Å². The molecule has 0 amide bonds. The van der Waals surface area contributed by atoms with Crippen LogP contribution in [0.15, 0.2) is 24.3 Å². The summed E-state index contributed by atoms with van der Waals surface area (Å²) in [6.45, 7) is 4.21. The molecule has 0 spiro atoms. The van der Waals surface area contributed by atoms with Crippen LogP contribution in [0.3, 0.4) is 0 Å². The molecule has 2 nitrogen and oxygen atoms in total. The Morgan fingerprint density at radius 3 is 2.69 bits per heavy atom. The molecule has 70 valence electrons. The predicted octanol–water partition coefficient (Wildman–Crippen LogP) is 2.12. The molecule has 0 saturated carbocycles. The molecular formula is C11H15NO. The largest absolute Gasteiger partial charge is 0.486 e. The summed E-state index contributed by atoms with van der Waals surface area (Å²) in [4.78, 5) is 0. The molecule has 0 radical (unpaired) electrons. The van der Waals surface area contributed by atoms with Crippen LogP contribution in [0.25, 0.3) is 0 Å². The Morgan fingerprint density at radius 2 is 2.00 bits per heavy atom. The molecule has 1 aromatic carbocycles. The van der Waals surface area contributed by atoms with Gasteiger partial charge in [0, 0.05) is 5.56 Å². The van der Waals surface area contributed by atoms with Crippen LogP contribution in [0, 0.1) is 0 Å². The first-order valence-electron chi connectivity index (χ1n) is 4.60. The highest BCUT2D eigenvalue weighted by atomic mass is 16.5. The van der Waals surface area contributed by atoms with Gasteiger partial charge in [-0.1, -0.05) is 18.2 Å². The first kappa shape index (κ1) is 8.57. The van der Waals surface area contributed by atoms with E-state index >= 15 is 0 Å². The molecular weight excluding hydrogens is 162 g/mol. The highest BCUT2D eigenvalue weighted by Crippen LogP contribution is 2.42. The quantitative estimate of drug-likeness (QED) is 0.709. The van der Waals surface area contributed by atoms with Crippen LogP contribution < -0.4 is 10.1 Å². The van der Waals surface area contributed by atoms with Gasteiger partial charge in [0.2, 0.25) is 0 Å². The lowest BCUT2D eigenvalue weighted by molar-refractivity contribution is 0.0999. The normalized spacial score (nSPS) is 23.8. The molecule has 0 fully saturated rings. The topological polar surface area (TPSA) is 21.3 Å². The standard InChI is InChI=1S/C11H15NO/c1-11(2)10(12-3)8-6-4-5-7-9(8)13-11/h4-7,10,12H,1-3H3. The first-order chi connectivity index (χ1) is 6.15. The van der Waals surface area contributed by atoms with Gasteiger partial charge in [-0.05, 0) is 27.0 Å². The van der Waals surface area contributed by atoms with E-state index in [1.54, 1.807) is 0 Å². The molecule has 1 aliphatic rings. The van der Waals surface area contributed by atoms with Crippen molar-refractivity contribution in [3.05, 3.63) is 29.8 Å². The highest BCUT2D eigenvalue weighted by molar-refractivity contribution is 5.41. The molecule has 1 N–H and O–H groups in total. The van der Waals surface area contributed by atoms with Gasteiger partial charge in [-0.25, -0.2) is 0 Å². The third kappa shape index (κ3) is 1.22. The summed E-state index contributed by atoms with van der Waals surface area (Å²) in [7, 11) is 1.97. The summed E-state index contributed by atoms with van der Waals surface area (Å²) in [6.07, 6.45) is 0. The van der Waals surface area contributed by atoms with Crippen molar-refractivity contribution in [3.8, 4) is 5.75 Å². The van der Waals surface area contributed by atoms with Gasteiger partial charge in [-0.3, -0.25) is 0 Å². The zero-order valence-corrected chi connectivity index (χ0v) is 8.29. The molecule has 2 rings (SSSR count). The molecule has 1 aliphatic heterocycles. The second-order valence-electron chi connectivity index (χ2n) is 3.97. The first-order valence-corrected chi connectivity index (χ1v) is 4.60. The van der Waals surface area contributed by atoms with E-state index in [1.807, 2.05) is 25.2 Å². The molecule has 1 heterocycles. The maximum absolute atomic E-state index is 5.84. The lowest BCUT2D eigenvalue weighted by Gasteiger charge is -2.25. The molecule has 0 aromatic heterocycles. The minimum absolute atomic E-state index is 0.140. The Balaban J connectivity index is 2.46. The van der Waals surface area contributed by atoms with Crippen LogP contribution in [-0.4, -0.2) is 12.6 Å². The molecule has 13 heavy (non-hydrogen) atoms. The highest BCUT2D eigenvalue weighted by Gasteiger charge is 2.39. The fourth-order valence-corrected chi connectivity index (χ4v) is 2.03. The Morgan fingerprint density at radius 1 is 1.31 bits per heavy atom. The average molecular weight is 177 g/mol. The van der Waals surface area contributed by atoms with E-state index in [4.69, 9.17) is 4.74 Å². The van der Waals surface area contributed by atoms with Crippen molar-refractivity contribution in [1.82, 2.24) is 5.32 Å². The van der Waals surface area contributed by atoms with Gasteiger partial charge in [-0.2, -0.15) is 0 Å². The van der Waals surface area contributed by atoms with Crippen molar-refractivity contribution in [1.29, 1.82) is 0 Å². The SMILES string of the molecule is CNC1c2ccccc2OC1(C)C. The zero-order valence-electron chi connectivity index (χ0n) is 8.29. The van der Waals surface area contributed by atoms with Gasteiger partial charge in [0.25, 0.3) is 0 Å². The second kappa shape index (κ2) is 2.74. The summed E-state index contributed by atoms with van der Waals surface area (Å²) >= 11 is 0. The maximum atomic E-state index is 5.84. The van der Waals surface area contributed by atoms with E-state index in [2.05, 4.69) is 25.2 Å². The minimum atomic E-state index is -0.140. The minimum Gasteiger partial charge on any atom is -0.486 e. The van der Waals surface area contributed by atoms with E-state index in [0.717, 1.165) is 5.75 Å². The van der Waals surface area contributed by atoms with Crippen LogP contribution in [0.2, 0.25) is 0 Å². The number of likely N-dealkylation sites (N-methyl/N-ethyl adjacent to an activating group) is 1. The zero-order chi connectivity index (χ0) is 9.47. The number of benzene rings is 1. The second-order valence-corrected chi connectivity index (χ2v) is 3.97. The molecule has 0 saturated heterocycles. The lowest BCUT2D eigenvalue weighted by atomic mass is 9.95. The fraction of sp³-hybridized carbons (Fsp3) is 0.455. The number of nitrogens with one attached hydrogen (secondary N) is 1. The van der Waals surface area contributed by atoms with Crippen LogP contribution in [0.5, 0.6) is 5.75 Å². The van der Waals surface area contributed by atoms with Crippen molar-refractivity contribution in [2.75, 3.05) is 7.05 Å². The molecule has 2 heteroatoms. The third-order valence-corrected chi connectivity index (χ3v) is 2.59. The van der Waals surface area contributed by atoms with Crippen molar-refractivity contribution in [2.24, 2.45) is 0 Å². The molecule has 1 atom stereocenters. The average Bonchev–Trinajstić information content (AvgIpc) is 2.33. The number of hydrogen-bond donors (Lipinski definition) is 1. The van der Waals surface area contributed by atoms with Crippen molar-refractivity contribution in [3.63, 3.8) is 0 Å². The van der Waals surface area contributed by atoms with Gasteiger partial charge in [0.05, 0.1) is 6.04 Å². The predicted molar refractivity (Wildman–Crippen MR) is 52.9 cm³/mol. The van der Waals surface area contributed by atoms with Gasteiger partial charge in [0.1, 0.15) is 11.4 Å². The van der Waals surface area contributed by atoms with E-state index in [1.165, 1.54) is 5.56 Å². The summed E-state index contributed by atoms with van der Waals surface area (Å²) in [6, 6.07) is 8.49. The Hall–Kier alpha value is -1.02. The number of ether oxygens (including phenoxy) is 1. The van der Waals surface area contributed by atoms with Crippen molar-refractivity contribution in [2.45, 2.75) is 25.5 Å². The summed E-state index contributed by atoms with van der Waals surface area (Å²) in [5, 5.41) is 3.29. The van der Waals surface area contributed by atoms with Crippen LogP contribution in [-0.2, 0) is 0 Å². The smallest absolute Gasteiger partial charge is 0.125 e. The Labute approximate surface area is 78.9 Å². The van der Waals surface area contributed by atoms with E-state index in [0.29, 0.717) is 6.04 Å². The van der Waals surface area contributed by atoms with Gasteiger partial charge in [0.15, 0.2) is 0 Å². The molecule has 1 aromatic rings. The molecule has 0 aliphatic carbocycles. The number of fused-ring (bicyclic) bond motifs is 1. The van der Waals surface area contributed by atoms with Crippen LogP contribution in [0.4, 0.5) is 0 Å². The summed E-state index contributed by atoms with van der Waals surface area (Å²) in [5.74, 6) is 1.01. The van der Waals surface area contributed by atoms with Gasteiger partial charge < -0.3 is 10.1 Å². The third-order valence-electron chi connectivity index (χ3n) is 2.59. The molecule has 0 bridgehead atoms. The van der Waals surface area contributed by atoms with E-state index in [-0.39, 0.29) is 5.60 Å². The monoisotopic (exact) mass is 177 g/mol. The number of hydrogen-bond acceptors (Lipinski definition) is 2. The van der Waals surface area contributed by atoms with Gasteiger partial charge in [-0.15, -0.1) is 0 Å². The number of rotatable bonds is 1. The van der Waals surface area contributed by atoms with E-state index < -0.39 is 0 Å². The Kier molecular flexibility index (Phi) is 1.81. The lowest BCUT2D eigenvalue weighted by Crippen LogP contribution is -2.37. The Bertz CT molecular complexity index is 320. The summed E-state index contributed by atoms with van der Waals surface area (Å²) < 4.78 is 5.84. The van der Waals surface area contributed by atoms with Crippen LogP contribution in [0.1, 0.15) is 25.5 Å². The number of para-hydroxylation sites is 1. The fourth-order valence-electron chi connectivity index (χ4n) is 2.03. The summed E-state index contributed by atoms with van der Waals surface area (Å²) in [5.41, 5.74) is 1.12. The van der Waals surface area contributed by atoms with Crippen molar-refractivity contribution < 1.29 is 4.74 Å². The molecule has 1 unspecified atom stereocenters. The van der Waals surface area contributed by atoms with E-state index in [9.17, 15) is 0 Å². The van der Waals surface area contributed by atoms with Crippen LogP contribution >= 0.6 is 0 Å². The van der Waals surface area contributed by atoms with Gasteiger partial charge >= 0.3 is 0 Å². The maximum Gasteiger partial charge on any atom is 0.125 e.